The molecule has 1 aliphatic heterocycles. The van der Waals surface area contributed by atoms with E-state index in [4.69, 9.17) is 14.7 Å². The van der Waals surface area contributed by atoms with Crippen molar-refractivity contribution in [1.29, 1.82) is 0 Å². The van der Waals surface area contributed by atoms with Crippen LogP contribution in [0, 0.1) is 46.3 Å². The topological polar surface area (TPSA) is 71.4 Å². The highest BCUT2D eigenvalue weighted by molar-refractivity contribution is 5.92. The van der Waals surface area contributed by atoms with E-state index in [1.165, 1.54) is 18.6 Å². The number of ether oxygens (including phenoxy) is 1. The predicted molar refractivity (Wildman–Crippen MR) is 146 cm³/mol. The number of hydrogen-bond acceptors (Lipinski definition) is 5. The van der Waals surface area contributed by atoms with Crippen LogP contribution in [0.3, 0.4) is 0 Å². The SMILES string of the molecule is CCO/N=C1\C[C@H]2[C@@H]([C@H](OC)C[C@@H]3C[C@H](O)CC[C@@]32C)[C@@H]2CC[C@H]([C@H](C)CCC(=O)N3CCCC3)[C@@]12C. The lowest BCUT2D eigenvalue weighted by molar-refractivity contribution is -0.159. The van der Waals surface area contributed by atoms with Crippen LogP contribution in [0.1, 0.15) is 98.3 Å². The molecule has 1 saturated heterocycles. The maximum Gasteiger partial charge on any atom is 0.222 e. The summed E-state index contributed by atoms with van der Waals surface area (Å²) in [6.07, 6.45) is 11.4. The molecule has 4 aliphatic carbocycles. The van der Waals surface area contributed by atoms with Crippen LogP contribution in [-0.4, -0.2) is 60.6 Å². The molecule has 1 amide bonds. The molecule has 0 aromatic carbocycles. The second kappa shape index (κ2) is 10.8. The molecule has 0 spiro atoms. The fourth-order valence-corrected chi connectivity index (χ4v) is 10.1. The fraction of sp³-hybridized carbons (Fsp3) is 0.935. The summed E-state index contributed by atoms with van der Waals surface area (Å²) in [6.45, 7) is 11.9. The average Bonchev–Trinajstić information content (AvgIpc) is 3.54. The number of aliphatic hydroxyl groups is 1. The van der Waals surface area contributed by atoms with Crippen molar-refractivity contribution in [3.05, 3.63) is 0 Å². The highest BCUT2D eigenvalue weighted by atomic mass is 16.6. The van der Waals surface area contributed by atoms with Crippen LogP contribution < -0.4 is 0 Å². The van der Waals surface area contributed by atoms with Crippen molar-refractivity contribution in [2.45, 2.75) is 111 Å². The van der Waals surface area contributed by atoms with Gasteiger partial charge in [-0.3, -0.25) is 4.79 Å². The van der Waals surface area contributed by atoms with Gasteiger partial charge < -0.3 is 19.6 Å². The lowest BCUT2D eigenvalue weighted by Gasteiger charge is -2.62. The molecular formula is C31H52N2O4. The number of likely N-dealkylation sites (tertiary alicyclic amines) is 1. The normalized spacial score (nSPS) is 45.3. The van der Waals surface area contributed by atoms with Crippen molar-refractivity contribution >= 4 is 11.6 Å². The van der Waals surface area contributed by atoms with E-state index in [9.17, 15) is 9.90 Å². The lowest BCUT2D eigenvalue weighted by atomic mass is 9.43. The quantitative estimate of drug-likeness (QED) is 0.443. The highest BCUT2D eigenvalue weighted by Crippen LogP contribution is 2.68. The minimum Gasteiger partial charge on any atom is -0.396 e. The molecule has 0 aromatic heterocycles. The molecule has 0 unspecified atom stereocenters. The number of fused-ring (bicyclic) bond motifs is 5. The molecule has 5 rings (SSSR count). The zero-order chi connectivity index (χ0) is 26.4. The summed E-state index contributed by atoms with van der Waals surface area (Å²) < 4.78 is 6.29. The fourth-order valence-electron chi connectivity index (χ4n) is 10.1. The van der Waals surface area contributed by atoms with E-state index in [0.29, 0.717) is 54.4 Å². The first-order valence-electron chi connectivity index (χ1n) is 15.4. The number of rotatable bonds is 7. The van der Waals surface area contributed by atoms with E-state index in [0.717, 1.165) is 64.5 Å². The zero-order valence-electron chi connectivity index (χ0n) is 24.1. The van der Waals surface area contributed by atoms with Crippen LogP contribution >= 0.6 is 0 Å². The van der Waals surface area contributed by atoms with Gasteiger partial charge in [0, 0.05) is 32.0 Å². The van der Waals surface area contributed by atoms with E-state index in [-0.39, 0.29) is 23.0 Å². The first kappa shape index (κ1) is 27.4. The minimum absolute atomic E-state index is 0.0133. The van der Waals surface area contributed by atoms with E-state index >= 15 is 0 Å². The third kappa shape index (κ3) is 4.66. The van der Waals surface area contributed by atoms with Gasteiger partial charge in [-0.15, -0.1) is 0 Å². The molecule has 210 valence electrons. The number of hydrogen-bond donors (Lipinski definition) is 1. The van der Waals surface area contributed by atoms with Gasteiger partial charge in [0.1, 0.15) is 6.61 Å². The largest absolute Gasteiger partial charge is 0.396 e. The van der Waals surface area contributed by atoms with Gasteiger partial charge in [0.2, 0.25) is 5.91 Å². The van der Waals surface area contributed by atoms with Crippen molar-refractivity contribution in [3.8, 4) is 0 Å². The van der Waals surface area contributed by atoms with Gasteiger partial charge >= 0.3 is 0 Å². The van der Waals surface area contributed by atoms with Crippen LogP contribution in [-0.2, 0) is 14.4 Å². The number of aliphatic hydroxyl groups excluding tert-OH is 1. The first-order chi connectivity index (χ1) is 17.7. The Bertz CT molecular complexity index is 856. The van der Waals surface area contributed by atoms with Gasteiger partial charge in [-0.25, -0.2) is 0 Å². The van der Waals surface area contributed by atoms with Crippen LogP contribution in [0.15, 0.2) is 5.16 Å². The van der Waals surface area contributed by atoms with Crippen LogP contribution in [0.4, 0.5) is 0 Å². The summed E-state index contributed by atoms with van der Waals surface area (Å²) in [5.41, 5.74) is 1.48. The standard InChI is InChI=1S/C31H52N2O4/c1-6-37-32-27-19-25-29(26(36-5)18-21-17-22(34)13-14-30(21,25)3)24-11-10-23(31(24,27)4)20(2)9-12-28(35)33-15-7-8-16-33/h20-26,29,34H,6-19H2,1-5H3/b32-27+/t20-,21+,22-,23-,24+,25+,26-,29+,30+,31-/m1/s1. The Hall–Kier alpha value is -1.14. The molecule has 0 radical (unpaired) electrons. The maximum absolute atomic E-state index is 12.8. The van der Waals surface area contributed by atoms with Gasteiger partial charge in [-0.05, 0) is 112 Å². The van der Waals surface area contributed by atoms with E-state index in [1.54, 1.807) is 0 Å². The Labute approximate surface area is 224 Å². The lowest BCUT2D eigenvalue weighted by Crippen LogP contribution is -2.61. The monoisotopic (exact) mass is 516 g/mol. The third-order valence-electron chi connectivity index (χ3n) is 12.2. The molecule has 37 heavy (non-hydrogen) atoms. The average molecular weight is 517 g/mol. The van der Waals surface area contributed by atoms with Gasteiger partial charge in [0.15, 0.2) is 0 Å². The van der Waals surface area contributed by atoms with E-state index in [1.807, 2.05) is 14.0 Å². The Morgan fingerprint density at radius 2 is 1.92 bits per heavy atom. The van der Waals surface area contributed by atoms with Crippen molar-refractivity contribution in [1.82, 2.24) is 4.90 Å². The summed E-state index contributed by atoms with van der Waals surface area (Å²) in [6, 6.07) is 0. The third-order valence-corrected chi connectivity index (χ3v) is 12.2. The highest BCUT2D eigenvalue weighted by Gasteiger charge is 2.65. The molecule has 0 aromatic rings. The van der Waals surface area contributed by atoms with Gasteiger partial charge in [-0.1, -0.05) is 25.9 Å². The minimum atomic E-state index is -0.169. The number of carbonyl (C=O) groups excluding carboxylic acids is 1. The summed E-state index contributed by atoms with van der Waals surface area (Å²) in [5.74, 6) is 3.42. The molecular weight excluding hydrogens is 464 g/mol. The number of methoxy groups -OCH3 is 1. The maximum atomic E-state index is 12.8. The molecule has 4 saturated carbocycles. The summed E-state index contributed by atoms with van der Waals surface area (Å²) >= 11 is 0. The molecule has 0 bridgehead atoms. The molecule has 6 nitrogen and oxygen atoms in total. The molecule has 5 aliphatic rings. The Kier molecular flexibility index (Phi) is 8.00. The summed E-state index contributed by atoms with van der Waals surface area (Å²) in [5, 5.41) is 15.4. The summed E-state index contributed by atoms with van der Waals surface area (Å²) in [7, 11) is 1.91. The Balaban J connectivity index is 1.42. The molecule has 6 heteroatoms. The van der Waals surface area contributed by atoms with E-state index < -0.39 is 0 Å². The number of amides is 1. The number of oxime groups is 1. The van der Waals surface area contributed by atoms with Crippen molar-refractivity contribution < 1.29 is 19.5 Å². The van der Waals surface area contributed by atoms with E-state index in [2.05, 4.69) is 25.7 Å². The summed E-state index contributed by atoms with van der Waals surface area (Å²) in [4.78, 5) is 20.7. The Morgan fingerprint density at radius 1 is 1.16 bits per heavy atom. The second-order valence-electron chi connectivity index (χ2n) is 13.7. The second-order valence-corrected chi connectivity index (χ2v) is 13.7. The zero-order valence-corrected chi connectivity index (χ0v) is 24.1. The molecule has 1 heterocycles. The van der Waals surface area contributed by atoms with Gasteiger partial charge in [0.05, 0.1) is 17.9 Å². The molecule has 10 atom stereocenters. The van der Waals surface area contributed by atoms with Crippen LogP contribution in [0.2, 0.25) is 0 Å². The van der Waals surface area contributed by atoms with Gasteiger partial charge in [-0.2, -0.15) is 0 Å². The smallest absolute Gasteiger partial charge is 0.222 e. The number of carbonyl (C=O) groups is 1. The van der Waals surface area contributed by atoms with Crippen molar-refractivity contribution in [2.75, 3.05) is 26.8 Å². The van der Waals surface area contributed by atoms with Crippen molar-refractivity contribution in [3.63, 3.8) is 0 Å². The first-order valence-corrected chi connectivity index (χ1v) is 15.4. The molecule has 1 N–H and O–H groups in total. The van der Waals surface area contributed by atoms with Crippen molar-refractivity contribution in [2.24, 2.45) is 51.5 Å². The Morgan fingerprint density at radius 3 is 2.62 bits per heavy atom. The van der Waals surface area contributed by atoms with Crippen LogP contribution in [0.5, 0.6) is 0 Å². The predicted octanol–water partition coefficient (Wildman–Crippen LogP) is 5.67. The number of nitrogens with zero attached hydrogens (tertiary/aromatic N) is 2. The van der Waals surface area contributed by atoms with Gasteiger partial charge in [0.25, 0.3) is 0 Å². The molecule has 5 fully saturated rings. The van der Waals surface area contributed by atoms with Crippen LogP contribution in [0.25, 0.3) is 0 Å².